The van der Waals surface area contributed by atoms with Gasteiger partial charge in [0.15, 0.2) is 0 Å². The van der Waals surface area contributed by atoms with Crippen LogP contribution in [-0.4, -0.2) is 40.8 Å². The van der Waals surface area contributed by atoms with Crippen LogP contribution in [0.4, 0.5) is 5.82 Å². The van der Waals surface area contributed by atoms with Crippen molar-refractivity contribution in [1.82, 2.24) is 14.5 Å². The topological polar surface area (TPSA) is 132 Å². The molecule has 4 atom stereocenters. The van der Waals surface area contributed by atoms with E-state index in [1.807, 2.05) is 16.8 Å². The van der Waals surface area contributed by atoms with Gasteiger partial charge >= 0.3 is 10.3 Å². The molecule has 0 amide bonds. The zero-order valence-electron chi connectivity index (χ0n) is 17.6. The van der Waals surface area contributed by atoms with Crippen LogP contribution < -0.4 is 10.5 Å². The third-order valence-corrected chi connectivity index (χ3v) is 7.13. The lowest BCUT2D eigenvalue weighted by Gasteiger charge is -2.27. The third-order valence-electron chi connectivity index (χ3n) is 6.66. The highest BCUT2D eigenvalue weighted by Crippen LogP contribution is 2.39. The number of hydrogen-bond acceptors (Lipinski definition) is 7. The number of nitrogens with zero attached hydrogens (tertiary/aromatic N) is 3. The molecular formula is C22H27N5O4S. The van der Waals surface area contributed by atoms with Crippen molar-refractivity contribution in [3.05, 3.63) is 54.0 Å². The summed E-state index contributed by atoms with van der Waals surface area (Å²) in [5, 5.41) is 19.9. The van der Waals surface area contributed by atoms with E-state index < -0.39 is 16.4 Å². The van der Waals surface area contributed by atoms with E-state index in [2.05, 4.69) is 39.6 Å². The average molecular weight is 458 g/mol. The zero-order valence-corrected chi connectivity index (χ0v) is 18.4. The minimum atomic E-state index is -4.03. The first kappa shape index (κ1) is 21.3. The molecule has 1 aromatic carbocycles. The Hall–Kier alpha value is -2.53. The molecule has 2 heterocycles. The van der Waals surface area contributed by atoms with E-state index in [-0.39, 0.29) is 24.6 Å². The lowest BCUT2D eigenvalue weighted by Crippen LogP contribution is -2.24. The quantitative estimate of drug-likeness (QED) is 0.518. The Labute approximate surface area is 186 Å². The van der Waals surface area contributed by atoms with Crippen LogP contribution in [0, 0.1) is 5.92 Å². The molecule has 10 heteroatoms. The van der Waals surface area contributed by atoms with Gasteiger partial charge in [-0.2, -0.15) is 8.42 Å². The molecule has 0 aliphatic heterocycles. The third kappa shape index (κ3) is 4.23. The van der Waals surface area contributed by atoms with Gasteiger partial charge in [-0.05, 0) is 49.3 Å². The van der Waals surface area contributed by atoms with E-state index in [9.17, 15) is 13.5 Å². The van der Waals surface area contributed by atoms with E-state index >= 15 is 0 Å². The van der Waals surface area contributed by atoms with E-state index in [4.69, 9.17) is 9.32 Å². The maximum atomic E-state index is 11.1. The van der Waals surface area contributed by atoms with Crippen molar-refractivity contribution >= 4 is 27.2 Å². The molecule has 9 nitrogen and oxygen atoms in total. The second-order valence-electron chi connectivity index (χ2n) is 8.70. The Morgan fingerprint density at radius 3 is 2.91 bits per heavy atom. The highest BCUT2D eigenvalue weighted by atomic mass is 32.2. The molecule has 0 unspecified atom stereocenters. The minimum absolute atomic E-state index is 0.0188. The van der Waals surface area contributed by atoms with E-state index in [1.54, 1.807) is 6.33 Å². The van der Waals surface area contributed by atoms with Crippen molar-refractivity contribution in [2.45, 2.75) is 50.3 Å². The van der Waals surface area contributed by atoms with Crippen LogP contribution in [0.25, 0.3) is 11.0 Å². The fourth-order valence-corrected chi connectivity index (χ4v) is 5.48. The first-order valence-corrected chi connectivity index (χ1v) is 12.4. The molecular weight excluding hydrogens is 430 g/mol. The second kappa shape index (κ2) is 8.43. The van der Waals surface area contributed by atoms with Gasteiger partial charge in [0.05, 0.1) is 24.1 Å². The maximum Gasteiger partial charge on any atom is 0.333 e. The van der Waals surface area contributed by atoms with Gasteiger partial charge in [0.1, 0.15) is 17.8 Å². The van der Waals surface area contributed by atoms with Gasteiger partial charge in [-0.25, -0.2) is 15.1 Å². The van der Waals surface area contributed by atoms with Gasteiger partial charge in [0.25, 0.3) is 0 Å². The van der Waals surface area contributed by atoms with Gasteiger partial charge < -0.3 is 15.0 Å². The number of fused-ring (bicyclic) bond motifs is 2. The Bertz CT molecular complexity index is 1230. The summed E-state index contributed by atoms with van der Waals surface area (Å²) in [6.45, 7) is -0.126. The molecule has 1 fully saturated rings. The predicted molar refractivity (Wildman–Crippen MR) is 120 cm³/mol. The molecule has 3 aromatic rings. The molecule has 0 bridgehead atoms. The van der Waals surface area contributed by atoms with E-state index in [0.717, 1.165) is 36.1 Å². The summed E-state index contributed by atoms with van der Waals surface area (Å²) in [5.41, 5.74) is 3.49. The molecule has 0 spiro atoms. The fraction of sp³-hybridized carbons (Fsp3) is 0.455. The van der Waals surface area contributed by atoms with Gasteiger partial charge in [0.2, 0.25) is 0 Å². The SMILES string of the molecule is NS(=O)(=O)OC[C@@H]1C[C@@H](n2ccc3c(N[C@H]4CCCc5ccccc54)ncnc32)C[C@@H]1O. The Morgan fingerprint density at radius 2 is 2.06 bits per heavy atom. The summed E-state index contributed by atoms with van der Waals surface area (Å²) >= 11 is 0. The fourth-order valence-electron chi connectivity index (χ4n) is 5.11. The Balaban J connectivity index is 1.37. The lowest BCUT2D eigenvalue weighted by molar-refractivity contribution is 0.100. The summed E-state index contributed by atoms with van der Waals surface area (Å²) in [4.78, 5) is 9.02. The molecule has 5 rings (SSSR count). The van der Waals surface area contributed by atoms with E-state index in [1.165, 1.54) is 11.1 Å². The van der Waals surface area contributed by atoms with Crippen LogP contribution in [0.15, 0.2) is 42.9 Å². The smallest absolute Gasteiger partial charge is 0.333 e. The van der Waals surface area contributed by atoms with Gasteiger partial charge in [-0.15, -0.1) is 0 Å². The number of aliphatic hydroxyl groups excluding tert-OH is 1. The number of rotatable bonds is 6. The van der Waals surface area contributed by atoms with Crippen molar-refractivity contribution in [2.24, 2.45) is 11.1 Å². The molecule has 2 aromatic heterocycles. The first-order valence-electron chi connectivity index (χ1n) is 10.9. The highest BCUT2D eigenvalue weighted by molar-refractivity contribution is 7.84. The molecule has 32 heavy (non-hydrogen) atoms. The number of aryl methyl sites for hydroxylation is 1. The maximum absolute atomic E-state index is 11.1. The molecule has 0 saturated heterocycles. The largest absolute Gasteiger partial charge is 0.393 e. The van der Waals surface area contributed by atoms with Crippen molar-refractivity contribution in [2.75, 3.05) is 11.9 Å². The molecule has 170 valence electrons. The first-order chi connectivity index (χ1) is 15.4. The number of hydrogen-bond donors (Lipinski definition) is 3. The van der Waals surface area contributed by atoms with Crippen LogP contribution in [0.3, 0.4) is 0 Å². The zero-order chi connectivity index (χ0) is 22.3. The monoisotopic (exact) mass is 457 g/mol. The number of anilines is 1. The van der Waals surface area contributed by atoms with E-state index in [0.29, 0.717) is 12.8 Å². The van der Waals surface area contributed by atoms with Crippen molar-refractivity contribution < 1.29 is 17.7 Å². The summed E-state index contributed by atoms with van der Waals surface area (Å²) in [5.74, 6) is 0.483. The number of nitrogens with two attached hydrogens (primary N) is 1. The standard InChI is InChI=1S/C22H27N5O4S/c23-32(29,30)31-12-15-10-16(11-20(15)28)27-9-8-18-21(24-13-25-22(18)27)26-19-7-3-5-14-4-1-2-6-17(14)19/h1-2,4,6,8-9,13,15-16,19-20,28H,3,5,7,10-12H2,(H2,23,29,30)(H,24,25,26)/t15-,16+,19-,20-/m0/s1. The van der Waals surface area contributed by atoms with Crippen LogP contribution >= 0.6 is 0 Å². The summed E-state index contributed by atoms with van der Waals surface area (Å²) < 4.78 is 29.0. The number of benzene rings is 1. The Kier molecular flexibility index (Phi) is 5.62. The van der Waals surface area contributed by atoms with Crippen LogP contribution in [0.1, 0.15) is 48.9 Å². The molecule has 4 N–H and O–H groups in total. The van der Waals surface area contributed by atoms with Gasteiger partial charge in [0, 0.05) is 18.2 Å². The highest BCUT2D eigenvalue weighted by Gasteiger charge is 2.35. The summed E-state index contributed by atoms with van der Waals surface area (Å²) in [6, 6.07) is 10.7. The average Bonchev–Trinajstić information content (AvgIpc) is 3.36. The summed E-state index contributed by atoms with van der Waals surface area (Å²) in [6.07, 6.45) is 7.19. The van der Waals surface area contributed by atoms with Gasteiger partial charge in [-0.1, -0.05) is 24.3 Å². The number of nitrogens with one attached hydrogen (secondary N) is 1. The molecule has 2 aliphatic rings. The predicted octanol–water partition coefficient (Wildman–Crippen LogP) is 2.45. The van der Waals surface area contributed by atoms with Gasteiger partial charge in [-0.3, -0.25) is 4.18 Å². The van der Waals surface area contributed by atoms with Crippen LogP contribution in [0.2, 0.25) is 0 Å². The minimum Gasteiger partial charge on any atom is -0.393 e. The van der Waals surface area contributed by atoms with Crippen molar-refractivity contribution in [3.63, 3.8) is 0 Å². The summed E-state index contributed by atoms with van der Waals surface area (Å²) in [7, 11) is -4.03. The van der Waals surface area contributed by atoms with Crippen molar-refractivity contribution in [3.8, 4) is 0 Å². The number of aliphatic hydroxyl groups is 1. The number of aromatic nitrogens is 3. The molecule has 1 saturated carbocycles. The lowest BCUT2D eigenvalue weighted by atomic mass is 9.88. The molecule has 0 radical (unpaired) electrons. The normalized spacial score (nSPS) is 25.7. The second-order valence-corrected chi connectivity index (χ2v) is 9.92. The van der Waals surface area contributed by atoms with Crippen molar-refractivity contribution in [1.29, 1.82) is 0 Å². The Morgan fingerprint density at radius 1 is 1.22 bits per heavy atom. The molecule has 2 aliphatic carbocycles. The van der Waals surface area contributed by atoms with Crippen LogP contribution in [-0.2, 0) is 20.9 Å². The van der Waals surface area contributed by atoms with Crippen LogP contribution in [0.5, 0.6) is 0 Å².